The number of anilines is 2. The zero-order valence-electron chi connectivity index (χ0n) is 28.1. The molecule has 0 saturated carbocycles. The van der Waals surface area contributed by atoms with Gasteiger partial charge in [-0.2, -0.15) is 0 Å². The highest BCUT2D eigenvalue weighted by atomic mass is 16.5. The van der Waals surface area contributed by atoms with Crippen LogP contribution in [0.4, 0.5) is 11.4 Å². The molecule has 232 valence electrons. The molecule has 10 rings (SSSR count). The van der Waals surface area contributed by atoms with Crippen molar-refractivity contribution in [1.29, 1.82) is 0 Å². The van der Waals surface area contributed by atoms with E-state index in [4.69, 9.17) is 9.15 Å². The monoisotopic (exact) mass is 622 g/mol. The molecule has 2 aromatic heterocycles. The van der Waals surface area contributed by atoms with E-state index < -0.39 is 0 Å². The molecule has 3 aliphatic heterocycles. The normalized spacial score (nSPS) is 14.1. The van der Waals surface area contributed by atoms with E-state index in [2.05, 4.69) is 136 Å². The van der Waals surface area contributed by atoms with Gasteiger partial charge in [0.1, 0.15) is 16.9 Å². The Labute approximate surface area is 281 Å². The molecule has 0 saturated heterocycles. The van der Waals surface area contributed by atoms with E-state index in [9.17, 15) is 0 Å². The van der Waals surface area contributed by atoms with Gasteiger partial charge in [0.05, 0.1) is 11.4 Å². The molecular weight excluding hydrogens is 587 g/mol. The number of hydrogen-bond acceptors (Lipinski definition) is 4. The minimum absolute atomic E-state index is 0.00395. The van der Waals surface area contributed by atoms with Gasteiger partial charge in [-0.15, -0.1) is 0 Å². The van der Waals surface area contributed by atoms with Gasteiger partial charge < -0.3 is 14.0 Å². The number of nitrogens with zero attached hydrogens (tertiary/aromatic N) is 2. The highest BCUT2D eigenvalue weighted by Gasteiger charge is 2.48. The van der Waals surface area contributed by atoms with Crippen LogP contribution in [0.3, 0.4) is 0 Å². The molecule has 0 spiro atoms. The zero-order chi connectivity index (χ0) is 32.7. The number of ether oxygens (including phenoxy) is 1. The second kappa shape index (κ2) is 9.20. The molecular formula is C43H35BN2O2. The van der Waals surface area contributed by atoms with E-state index in [1.165, 1.54) is 49.9 Å². The second-order valence-corrected chi connectivity index (χ2v) is 15.7. The Morgan fingerprint density at radius 1 is 0.604 bits per heavy atom. The van der Waals surface area contributed by atoms with Crippen molar-refractivity contribution in [3.8, 4) is 44.9 Å². The van der Waals surface area contributed by atoms with Gasteiger partial charge in [-0.1, -0.05) is 71.9 Å². The average molecular weight is 623 g/mol. The molecule has 48 heavy (non-hydrogen) atoms. The van der Waals surface area contributed by atoms with Gasteiger partial charge >= 0.3 is 6.85 Å². The summed E-state index contributed by atoms with van der Waals surface area (Å²) < 4.78 is 13.5. The van der Waals surface area contributed by atoms with E-state index >= 15 is 0 Å². The Kier molecular flexibility index (Phi) is 5.32. The summed E-state index contributed by atoms with van der Waals surface area (Å²) in [4.78, 5) is 6.89. The predicted molar refractivity (Wildman–Crippen MR) is 199 cm³/mol. The van der Waals surface area contributed by atoms with Crippen molar-refractivity contribution in [2.75, 3.05) is 4.81 Å². The van der Waals surface area contributed by atoms with Crippen molar-refractivity contribution in [2.45, 2.75) is 52.4 Å². The lowest BCUT2D eigenvalue weighted by Gasteiger charge is -2.43. The summed E-state index contributed by atoms with van der Waals surface area (Å²) in [6.07, 6.45) is 3.76. The third-order valence-corrected chi connectivity index (χ3v) is 10.6. The van der Waals surface area contributed by atoms with Crippen LogP contribution in [-0.4, -0.2) is 11.8 Å². The molecule has 0 aliphatic carbocycles. The highest BCUT2D eigenvalue weighted by molar-refractivity contribution is 6.95. The number of rotatable bonds is 1. The average Bonchev–Trinajstić information content (AvgIpc) is 3.59. The minimum Gasteiger partial charge on any atom is -0.456 e. The minimum atomic E-state index is -0.0650. The lowest BCUT2D eigenvalue weighted by molar-refractivity contribution is 0.470. The summed E-state index contributed by atoms with van der Waals surface area (Å²) in [6, 6.07) is 33.5. The van der Waals surface area contributed by atoms with Crippen LogP contribution in [0.25, 0.3) is 55.3 Å². The van der Waals surface area contributed by atoms with Gasteiger partial charge in [0.2, 0.25) is 0 Å². The Bertz CT molecular complexity index is 2520. The van der Waals surface area contributed by atoms with Crippen molar-refractivity contribution in [3.63, 3.8) is 0 Å². The first-order chi connectivity index (χ1) is 23.0. The molecule has 0 atom stereocenters. The van der Waals surface area contributed by atoms with Crippen LogP contribution in [-0.2, 0) is 10.8 Å². The lowest BCUT2D eigenvalue weighted by atomic mass is 9.48. The molecule has 0 amide bonds. The van der Waals surface area contributed by atoms with Crippen LogP contribution >= 0.6 is 0 Å². The van der Waals surface area contributed by atoms with Crippen LogP contribution in [0.1, 0.15) is 52.7 Å². The third kappa shape index (κ3) is 3.76. The number of hydrogen-bond donors (Lipinski definition) is 0. The molecule has 4 nitrogen and oxygen atoms in total. The van der Waals surface area contributed by atoms with E-state index in [-0.39, 0.29) is 17.7 Å². The molecule has 0 N–H and O–H groups in total. The molecule has 0 bridgehead atoms. The SMILES string of the molecule is CC(C)(C)c1ccc2c(c1)Oc1cc(C(C)(C)C)cc3c1N2B1c2cc4c(cc2-c2cc(-c5ccncc5)cc-3c21)oc1ccccc14. The lowest BCUT2D eigenvalue weighted by Crippen LogP contribution is -2.55. The second-order valence-electron chi connectivity index (χ2n) is 15.7. The van der Waals surface area contributed by atoms with Gasteiger partial charge in [0.25, 0.3) is 0 Å². The highest BCUT2D eigenvalue weighted by Crippen LogP contribution is 2.57. The zero-order valence-corrected chi connectivity index (χ0v) is 28.1. The van der Waals surface area contributed by atoms with E-state index in [0.717, 1.165) is 50.4 Å². The maximum Gasteiger partial charge on any atom is 0.330 e. The van der Waals surface area contributed by atoms with Crippen LogP contribution in [0.5, 0.6) is 11.5 Å². The topological polar surface area (TPSA) is 38.5 Å². The van der Waals surface area contributed by atoms with E-state index in [1.807, 2.05) is 18.5 Å². The number of pyridine rings is 1. The number of aromatic nitrogens is 1. The maximum absolute atomic E-state index is 6.97. The smallest absolute Gasteiger partial charge is 0.330 e. The van der Waals surface area contributed by atoms with E-state index in [0.29, 0.717) is 0 Å². The number of fused-ring (bicyclic) bond motifs is 10. The fraction of sp³-hybridized carbons (Fsp3) is 0.186. The summed E-state index contributed by atoms with van der Waals surface area (Å²) >= 11 is 0. The van der Waals surface area contributed by atoms with E-state index in [1.54, 1.807) is 0 Å². The molecule has 0 fully saturated rings. The molecule has 0 unspecified atom stereocenters. The van der Waals surface area contributed by atoms with Crippen molar-refractivity contribution >= 4 is 51.1 Å². The van der Waals surface area contributed by atoms with Gasteiger partial charge in [0, 0.05) is 28.7 Å². The fourth-order valence-electron chi connectivity index (χ4n) is 8.12. The number of furan rings is 1. The molecule has 0 radical (unpaired) electrons. The first-order valence-electron chi connectivity index (χ1n) is 16.9. The van der Waals surface area contributed by atoms with Gasteiger partial charge in [-0.3, -0.25) is 4.98 Å². The predicted octanol–water partition coefficient (Wildman–Crippen LogP) is 10.3. The molecule has 5 heteroatoms. The quantitative estimate of drug-likeness (QED) is 0.171. The van der Waals surface area contributed by atoms with Crippen molar-refractivity contribution in [3.05, 3.63) is 115 Å². The maximum atomic E-state index is 6.97. The molecule has 5 heterocycles. The molecule has 7 aromatic rings. The first-order valence-corrected chi connectivity index (χ1v) is 16.9. The van der Waals surface area contributed by atoms with Gasteiger partial charge in [0.15, 0.2) is 5.75 Å². The van der Waals surface area contributed by atoms with Gasteiger partial charge in [-0.25, -0.2) is 0 Å². The first kappa shape index (κ1) is 27.8. The van der Waals surface area contributed by atoms with Crippen molar-refractivity contribution < 1.29 is 9.15 Å². The van der Waals surface area contributed by atoms with Crippen LogP contribution in [0.2, 0.25) is 0 Å². The van der Waals surface area contributed by atoms with Crippen LogP contribution < -0.4 is 20.5 Å². The summed E-state index contributed by atoms with van der Waals surface area (Å²) in [5.74, 6) is 1.83. The Morgan fingerprint density at radius 3 is 2.10 bits per heavy atom. The molecule has 3 aliphatic rings. The summed E-state index contributed by atoms with van der Waals surface area (Å²) in [5, 5.41) is 2.30. The summed E-state index contributed by atoms with van der Waals surface area (Å²) in [5.41, 5.74) is 16.5. The fourth-order valence-corrected chi connectivity index (χ4v) is 8.12. The standard InChI is InChI=1S/C43H35BN2O2/c1-42(2,3)26-11-12-35-38(20-26)48-39-21-27(43(4,5)6)19-33-32-18-25(24-13-15-45-16-14-24)17-31-29-23-37-30(28-9-7-8-10-36(28)47-37)22-34(29)44(40(31)32)46(35)41(33)39/h7-23H,1-6H3. The number of benzene rings is 5. The number of para-hydroxylation sites is 1. The van der Waals surface area contributed by atoms with Crippen LogP contribution in [0.15, 0.2) is 108 Å². The van der Waals surface area contributed by atoms with Crippen molar-refractivity contribution in [2.24, 2.45) is 0 Å². The Hall–Kier alpha value is -5.29. The summed E-state index contributed by atoms with van der Waals surface area (Å²) in [6.45, 7) is 13.6. The largest absolute Gasteiger partial charge is 0.456 e. The van der Waals surface area contributed by atoms with Crippen LogP contribution in [0, 0.1) is 0 Å². The summed E-state index contributed by atoms with van der Waals surface area (Å²) in [7, 11) is 0. The molecule has 5 aromatic carbocycles. The van der Waals surface area contributed by atoms with Gasteiger partial charge in [-0.05, 0) is 121 Å². The third-order valence-electron chi connectivity index (χ3n) is 10.6. The van der Waals surface area contributed by atoms with Crippen molar-refractivity contribution in [1.82, 2.24) is 4.98 Å². The Morgan fingerprint density at radius 2 is 1.33 bits per heavy atom. The Balaban J connectivity index is 1.34.